The first-order chi connectivity index (χ1) is 25.1. The number of hydrogen-bond acceptors (Lipinski definition) is 11. The van der Waals surface area contributed by atoms with Gasteiger partial charge in [-0.25, -0.2) is 9.59 Å². The van der Waals surface area contributed by atoms with E-state index in [0.717, 1.165) is 30.8 Å². The molecule has 2 aromatic heterocycles. The quantitative estimate of drug-likeness (QED) is 0.0956. The Hall–Kier alpha value is -3.91. The Morgan fingerprint density at radius 1 is 1.04 bits per heavy atom. The number of ether oxygens (including phenoxy) is 4. The van der Waals surface area contributed by atoms with Gasteiger partial charge in [0.25, 0.3) is 0 Å². The van der Waals surface area contributed by atoms with Crippen LogP contribution in [0, 0.1) is 11.1 Å². The van der Waals surface area contributed by atoms with Gasteiger partial charge in [-0.15, -0.1) is 11.3 Å². The Morgan fingerprint density at radius 2 is 1.73 bits per heavy atom. The highest BCUT2D eigenvalue weighted by Gasteiger charge is 2.48. The molecular weight excluding hydrogens is 729 g/mol. The van der Waals surface area contributed by atoms with Crippen LogP contribution in [0.4, 0.5) is 0 Å². The standard InChI is InChI=1S/C38H41Cl2N3O8S/c1-41(38(23-44,26-7-5-4-6-8-26)37(46)51-34-22-42-15-13-24(34)14-16-42)19-27-10-12-35(52-27)36(45)50-32(18-28-29(39)20-43(47)21-30(28)40)25-9-11-31(48-2)33(17-25)49-3/h4-12,17,20-21,24,32,34,44H,13-16,18-19,22-23H2,1-3H3/t32?,34-,38?/m0/s1. The molecule has 0 spiro atoms. The van der Waals surface area contributed by atoms with Crippen LogP contribution in [0.1, 0.15) is 50.2 Å². The van der Waals surface area contributed by atoms with Crippen molar-refractivity contribution in [2.75, 3.05) is 47.5 Å². The normalized spacial score (nSPS) is 19.9. The first-order valence-corrected chi connectivity index (χ1v) is 18.5. The van der Waals surface area contributed by atoms with Crippen LogP contribution < -0.4 is 14.2 Å². The lowest BCUT2D eigenvalue weighted by molar-refractivity contribution is -0.605. The molecule has 3 saturated heterocycles. The molecule has 5 heterocycles. The van der Waals surface area contributed by atoms with Crippen molar-refractivity contribution in [3.05, 3.63) is 115 Å². The number of piperidine rings is 3. The summed E-state index contributed by atoms with van der Waals surface area (Å²) >= 11 is 14.1. The summed E-state index contributed by atoms with van der Waals surface area (Å²) in [6.07, 6.45) is 3.30. The zero-order valence-electron chi connectivity index (χ0n) is 29.1. The zero-order valence-corrected chi connectivity index (χ0v) is 31.5. The molecule has 0 amide bonds. The summed E-state index contributed by atoms with van der Waals surface area (Å²) in [5.41, 5.74) is 0.155. The Morgan fingerprint density at radius 3 is 2.35 bits per heavy atom. The van der Waals surface area contributed by atoms with E-state index in [2.05, 4.69) is 4.90 Å². The number of aliphatic hydroxyl groups excluding tert-OH is 1. The number of halogens is 2. The second-order valence-corrected chi connectivity index (χ2v) is 15.1. The van der Waals surface area contributed by atoms with Crippen LogP contribution in [-0.2, 0) is 32.8 Å². The number of methoxy groups -OCH3 is 2. The molecule has 0 aliphatic carbocycles. The van der Waals surface area contributed by atoms with Crippen LogP contribution in [0.15, 0.2) is 73.1 Å². The molecule has 11 nitrogen and oxygen atoms in total. The van der Waals surface area contributed by atoms with Crippen LogP contribution in [0.5, 0.6) is 11.5 Å². The molecule has 2 aromatic carbocycles. The van der Waals surface area contributed by atoms with Gasteiger partial charge in [-0.3, -0.25) is 9.80 Å². The fraction of sp³-hybridized carbons (Fsp3) is 0.395. The average Bonchev–Trinajstić information content (AvgIpc) is 3.62. The van der Waals surface area contributed by atoms with E-state index in [1.165, 1.54) is 38.0 Å². The Kier molecular flexibility index (Phi) is 11.9. The number of likely N-dealkylation sites (N-methyl/N-ethyl adjacent to an activating group) is 1. The number of thiophene rings is 1. The summed E-state index contributed by atoms with van der Waals surface area (Å²) in [6.45, 7) is 2.44. The van der Waals surface area contributed by atoms with Gasteiger partial charge in [0.2, 0.25) is 0 Å². The van der Waals surface area contributed by atoms with Gasteiger partial charge < -0.3 is 29.3 Å². The van der Waals surface area contributed by atoms with Crippen molar-refractivity contribution in [1.29, 1.82) is 0 Å². The van der Waals surface area contributed by atoms with E-state index in [-0.39, 0.29) is 29.1 Å². The van der Waals surface area contributed by atoms with Crippen molar-refractivity contribution in [1.82, 2.24) is 9.80 Å². The van der Waals surface area contributed by atoms with Gasteiger partial charge >= 0.3 is 11.9 Å². The molecule has 0 saturated carbocycles. The summed E-state index contributed by atoms with van der Waals surface area (Å²) in [6, 6.07) is 17.8. The van der Waals surface area contributed by atoms with Gasteiger partial charge in [0.15, 0.2) is 29.4 Å². The maximum atomic E-state index is 14.2. The van der Waals surface area contributed by atoms with Crippen LogP contribution in [0.25, 0.3) is 0 Å². The second kappa shape index (κ2) is 16.4. The lowest BCUT2D eigenvalue weighted by atomic mass is 9.85. The maximum Gasteiger partial charge on any atom is 0.348 e. The minimum Gasteiger partial charge on any atom is -0.619 e. The molecule has 3 atom stereocenters. The van der Waals surface area contributed by atoms with Crippen molar-refractivity contribution in [3.8, 4) is 11.5 Å². The number of esters is 2. The van der Waals surface area contributed by atoms with Gasteiger partial charge in [0.05, 0.1) is 20.8 Å². The zero-order chi connectivity index (χ0) is 37.0. The first-order valence-electron chi connectivity index (χ1n) is 17.0. The van der Waals surface area contributed by atoms with E-state index in [0.29, 0.717) is 50.3 Å². The molecule has 3 aliphatic rings. The van der Waals surface area contributed by atoms with Gasteiger partial charge in [0.1, 0.15) is 27.1 Å². The predicted molar refractivity (Wildman–Crippen MR) is 197 cm³/mol. The Balaban J connectivity index is 1.24. The molecule has 2 unspecified atom stereocenters. The van der Waals surface area contributed by atoms with Crippen LogP contribution in [0.2, 0.25) is 10.0 Å². The number of aliphatic hydroxyl groups is 1. The number of nitrogens with zero attached hydrogens (tertiary/aromatic N) is 3. The third-order valence-corrected chi connectivity index (χ3v) is 11.8. The molecule has 0 radical (unpaired) electrons. The number of rotatable bonds is 14. The number of aromatic nitrogens is 1. The fourth-order valence-corrected chi connectivity index (χ4v) is 8.63. The largest absolute Gasteiger partial charge is 0.619 e. The summed E-state index contributed by atoms with van der Waals surface area (Å²) in [5.74, 6) is 0.129. The SMILES string of the molecule is COc1ccc(C(Cc2c(Cl)c[n+]([O-])cc2Cl)OC(=O)c2ccc(CN(C)C(CO)(C(=O)O[C@H]3CN4CCC3CC4)c3ccccc3)s2)cc1OC. The third-order valence-electron chi connectivity index (χ3n) is 10.1. The fourth-order valence-electron chi connectivity index (χ4n) is 7.08. The maximum absolute atomic E-state index is 14.2. The molecule has 4 aromatic rings. The van der Waals surface area contributed by atoms with E-state index < -0.39 is 30.2 Å². The molecule has 3 aliphatic heterocycles. The number of hydrogen-bond donors (Lipinski definition) is 1. The molecule has 3 fully saturated rings. The molecular formula is C38H41Cl2N3O8S. The summed E-state index contributed by atoms with van der Waals surface area (Å²) in [5, 5.41) is 23.2. The average molecular weight is 771 g/mol. The predicted octanol–water partition coefficient (Wildman–Crippen LogP) is 5.80. The van der Waals surface area contributed by atoms with Crippen LogP contribution >= 0.6 is 34.5 Å². The number of carbonyl (C=O) groups is 2. The van der Waals surface area contributed by atoms with E-state index in [9.17, 15) is 19.9 Å². The molecule has 276 valence electrons. The van der Waals surface area contributed by atoms with Gasteiger partial charge in [-0.1, -0.05) is 59.6 Å². The van der Waals surface area contributed by atoms with Crippen LogP contribution in [-0.4, -0.2) is 80.5 Å². The molecule has 14 heteroatoms. The summed E-state index contributed by atoms with van der Waals surface area (Å²) in [7, 11) is 4.80. The van der Waals surface area contributed by atoms with Crippen molar-refractivity contribution in [3.63, 3.8) is 0 Å². The Labute approximate surface area is 316 Å². The smallest absolute Gasteiger partial charge is 0.348 e. The highest BCUT2D eigenvalue weighted by molar-refractivity contribution is 7.13. The highest BCUT2D eigenvalue weighted by Crippen LogP contribution is 2.38. The topological polar surface area (TPSA) is 125 Å². The first kappa shape index (κ1) is 37.8. The highest BCUT2D eigenvalue weighted by atomic mass is 35.5. The third kappa shape index (κ3) is 7.87. The lowest BCUT2D eigenvalue weighted by Gasteiger charge is -2.46. The van der Waals surface area contributed by atoms with Gasteiger partial charge in [-0.2, -0.15) is 4.73 Å². The number of pyridine rings is 1. The second-order valence-electron chi connectivity index (χ2n) is 13.1. The van der Waals surface area contributed by atoms with E-state index in [4.69, 9.17) is 42.1 Å². The van der Waals surface area contributed by atoms with E-state index in [1.807, 2.05) is 30.3 Å². The minimum absolute atomic E-state index is 0.0680. The van der Waals surface area contributed by atoms with Crippen LogP contribution in [0.3, 0.4) is 0 Å². The van der Waals surface area contributed by atoms with Crippen molar-refractivity contribution in [2.24, 2.45) is 5.92 Å². The van der Waals surface area contributed by atoms with E-state index in [1.54, 1.807) is 42.3 Å². The van der Waals surface area contributed by atoms with Crippen molar-refractivity contribution >= 4 is 46.5 Å². The van der Waals surface area contributed by atoms with Crippen molar-refractivity contribution in [2.45, 2.75) is 43.6 Å². The van der Waals surface area contributed by atoms with Gasteiger partial charge in [0, 0.05) is 30.0 Å². The number of carbonyl (C=O) groups excluding carboxylic acids is 2. The summed E-state index contributed by atoms with van der Waals surface area (Å²) in [4.78, 5) is 33.1. The number of benzene rings is 2. The lowest BCUT2D eigenvalue weighted by Crippen LogP contribution is -2.57. The van der Waals surface area contributed by atoms with Crippen molar-refractivity contribution < 1.29 is 38.4 Å². The monoisotopic (exact) mass is 769 g/mol. The molecule has 52 heavy (non-hydrogen) atoms. The summed E-state index contributed by atoms with van der Waals surface area (Å²) < 4.78 is 23.7. The Bertz CT molecular complexity index is 1860. The minimum atomic E-state index is -1.48. The molecule has 1 N–H and O–H groups in total. The van der Waals surface area contributed by atoms with Gasteiger partial charge in [-0.05, 0) is 74.3 Å². The number of fused-ring (bicyclic) bond motifs is 3. The van der Waals surface area contributed by atoms with E-state index >= 15 is 0 Å². The molecule has 2 bridgehead atoms. The molecule has 7 rings (SSSR count).